The van der Waals surface area contributed by atoms with Crippen molar-refractivity contribution in [3.63, 3.8) is 0 Å². The van der Waals surface area contributed by atoms with Gasteiger partial charge in [-0.1, -0.05) is 0 Å². The maximum absolute atomic E-state index is 5.87. The van der Waals surface area contributed by atoms with Crippen molar-refractivity contribution in [2.75, 3.05) is 26.1 Å². The summed E-state index contributed by atoms with van der Waals surface area (Å²) in [5, 5.41) is 12.1. The highest BCUT2D eigenvalue weighted by atomic mass is 16.5. The molecule has 1 aliphatic rings. The van der Waals surface area contributed by atoms with E-state index >= 15 is 0 Å². The van der Waals surface area contributed by atoms with E-state index in [-0.39, 0.29) is 0 Å². The van der Waals surface area contributed by atoms with Crippen LogP contribution < -0.4 is 10.5 Å². The lowest BCUT2D eigenvalue weighted by Crippen LogP contribution is -2.21. The minimum absolute atomic E-state index is 0.535. The van der Waals surface area contributed by atoms with E-state index < -0.39 is 0 Å². The largest absolute Gasteiger partial charge is 0.496 e. The average Bonchev–Trinajstić information content (AvgIpc) is 2.96. The fraction of sp³-hybridized carbons (Fsp3) is 0.500. The lowest BCUT2D eigenvalue weighted by atomic mass is 10.0. The van der Waals surface area contributed by atoms with Gasteiger partial charge in [0.05, 0.1) is 12.7 Å². The summed E-state index contributed by atoms with van der Waals surface area (Å²) in [7, 11) is 1.63. The molecular weight excluding hydrogens is 270 g/mol. The topological polar surface area (TPSA) is 88.1 Å². The Morgan fingerprint density at radius 3 is 2.95 bits per heavy atom. The number of nitrogens with two attached hydrogens (primary N) is 1. The molecule has 7 nitrogen and oxygen atoms in total. The number of methoxy groups -OCH3 is 1. The standard InChI is InChI=1S/C14H19N5O2/c1-20-13-3-2-11(15)8-12(13)14-16-17-18-19(14)9-10-4-6-21-7-5-10/h2-3,8,10H,4-7,9,15H2,1H3. The first-order valence-corrected chi connectivity index (χ1v) is 7.05. The SMILES string of the molecule is COc1ccc(N)cc1-c1nnnn1CC1CCOCC1. The molecule has 2 aromatic rings. The highest BCUT2D eigenvalue weighted by Gasteiger charge is 2.19. The number of ether oxygens (including phenoxy) is 2. The van der Waals surface area contributed by atoms with Crippen LogP contribution >= 0.6 is 0 Å². The van der Waals surface area contributed by atoms with E-state index in [9.17, 15) is 0 Å². The molecule has 1 aromatic carbocycles. The number of benzene rings is 1. The second-order valence-electron chi connectivity index (χ2n) is 5.20. The fourth-order valence-corrected chi connectivity index (χ4v) is 2.59. The third-order valence-corrected chi connectivity index (χ3v) is 3.77. The van der Waals surface area contributed by atoms with E-state index in [4.69, 9.17) is 15.2 Å². The van der Waals surface area contributed by atoms with Crippen LogP contribution in [-0.4, -0.2) is 40.5 Å². The molecule has 2 N–H and O–H groups in total. The summed E-state index contributed by atoms with van der Waals surface area (Å²) in [6.45, 7) is 2.40. The quantitative estimate of drug-likeness (QED) is 0.855. The molecule has 1 saturated heterocycles. The molecule has 1 aromatic heterocycles. The molecule has 0 amide bonds. The molecule has 21 heavy (non-hydrogen) atoms. The Labute approximate surface area is 123 Å². The van der Waals surface area contributed by atoms with Crippen LogP contribution in [0.1, 0.15) is 12.8 Å². The van der Waals surface area contributed by atoms with E-state index in [0.29, 0.717) is 23.2 Å². The van der Waals surface area contributed by atoms with Crippen LogP contribution in [0, 0.1) is 5.92 Å². The minimum Gasteiger partial charge on any atom is -0.496 e. The molecule has 1 aliphatic heterocycles. The van der Waals surface area contributed by atoms with Crippen molar-refractivity contribution in [2.24, 2.45) is 5.92 Å². The van der Waals surface area contributed by atoms with Crippen LogP contribution in [0.15, 0.2) is 18.2 Å². The van der Waals surface area contributed by atoms with Crippen molar-refractivity contribution in [3.8, 4) is 17.1 Å². The lowest BCUT2D eigenvalue weighted by molar-refractivity contribution is 0.0601. The zero-order valence-corrected chi connectivity index (χ0v) is 12.0. The Balaban J connectivity index is 1.89. The maximum Gasteiger partial charge on any atom is 0.185 e. The molecule has 2 heterocycles. The molecule has 0 bridgehead atoms. The first-order chi connectivity index (χ1) is 10.3. The Morgan fingerprint density at radius 1 is 1.38 bits per heavy atom. The number of nitrogens with zero attached hydrogens (tertiary/aromatic N) is 4. The van der Waals surface area contributed by atoms with Gasteiger partial charge in [0.25, 0.3) is 0 Å². The van der Waals surface area contributed by atoms with Crippen LogP contribution in [0.2, 0.25) is 0 Å². The van der Waals surface area contributed by atoms with Crippen LogP contribution in [-0.2, 0) is 11.3 Å². The second-order valence-corrected chi connectivity index (χ2v) is 5.20. The van der Waals surface area contributed by atoms with Crippen molar-refractivity contribution in [1.29, 1.82) is 0 Å². The Kier molecular flexibility index (Phi) is 4.01. The molecule has 0 aliphatic carbocycles. The normalized spacial score (nSPS) is 16.0. The predicted octanol–water partition coefficient (Wildman–Crippen LogP) is 1.36. The molecule has 0 atom stereocenters. The summed E-state index contributed by atoms with van der Waals surface area (Å²) in [6, 6.07) is 5.47. The predicted molar refractivity (Wildman–Crippen MR) is 77.8 cm³/mol. The molecule has 7 heteroatoms. The number of tetrazole rings is 1. The van der Waals surface area contributed by atoms with Crippen molar-refractivity contribution in [2.45, 2.75) is 19.4 Å². The Bertz CT molecular complexity index is 607. The number of hydrogen-bond acceptors (Lipinski definition) is 6. The van der Waals surface area contributed by atoms with Crippen molar-refractivity contribution >= 4 is 5.69 Å². The van der Waals surface area contributed by atoms with Gasteiger partial charge in [-0.05, 0) is 47.4 Å². The second kappa shape index (κ2) is 6.09. The van der Waals surface area contributed by atoms with E-state index in [1.54, 1.807) is 13.2 Å². The van der Waals surface area contributed by atoms with Gasteiger partial charge in [0.15, 0.2) is 5.82 Å². The van der Waals surface area contributed by atoms with Crippen LogP contribution in [0.3, 0.4) is 0 Å². The number of nitrogen functional groups attached to an aromatic ring is 1. The molecule has 112 valence electrons. The summed E-state index contributed by atoms with van der Waals surface area (Å²) in [5.41, 5.74) is 7.35. The maximum atomic E-state index is 5.87. The number of hydrogen-bond donors (Lipinski definition) is 1. The minimum atomic E-state index is 0.535. The first-order valence-electron chi connectivity index (χ1n) is 7.05. The van der Waals surface area contributed by atoms with Gasteiger partial charge in [-0.15, -0.1) is 5.10 Å². The van der Waals surface area contributed by atoms with E-state index in [0.717, 1.165) is 38.2 Å². The van der Waals surface area contributed by atoms with Crippen LogP contribution in [0.25, 0.3) is 11.4 Å². The Morgan fingerprint density at radius 2 is 2.19 bits per heavy atom. The van der Waals surface area contributed by atoms with Crippen molar-refractivity contribution < 1.29 is 9.47 Å². The van der Waals surface area contributed by atoms with Crippen molar-refractivity contribution in [3.05, 3.63) is 18.2 Å². The summed E-state index contributed by atoms with van der Waals surface area (Å²) >= 11 is 0. The van der Waals surface area contributed by atoms with Gasteiger partial charge in [-0.3, -0.25) is 0 Å². The van der Waals surface area contributed by atoms with E-state index in [2.05, 4.69) is 15.5 Å². The zero-order valence-electron chi connectivity index (χ0n) is 12.0. The van der Waals surface area contributed by atoms with Gasteiger partial charge < -0.3 is 15.2 Å². The zero-order chi connectivity index (χ0) is 14.7. The third-order valence-electron chi connectivity index (χ3n) is 3.77. The molecule has 1 fully saturated rings. The number of aromatic nitrogens is 4. The third kappa shape index (κ3) is 2.97. The summed E-state index contributed by atoms with van der Waals surface area (Å²) in [5.74, 6) is 1.94. The molecule has 0 spiro atoms. The van der Waals surface area contributed by atoms with E-state index in [1.807, 2.05) is 16.8 Å². The lowest BCUT2D eigenvalue weighted by Gasteiger charge is -2.22. The fourth-order valence-electron chi connectivity index (χ4n) is 2.59. The van der Waals surface area contributed by atoms with Crippen molar-refractivity contribution in [1.82, 2.24) is 20.2 Å². The molecular formula is C14H19N5O2. The first kappa shape index (κ1) is 13.8. The van der Waals surface area contributed by atoms with E-state index in [1.165, 1.54) is 0 Å². The van der Waals surface area contributed by atoms with Gasteiger partial charge in [-0.2, -0.15) is 0 Å². The molecule has 0 radical (unpaired) electrons. The molecule has 0 saturated carbocycles. The highest BCUT2D eigenvalue weighted by molar-refractivity contribution is 5.68. The molecule has 0 unspecified atom stereocenters. The number of anilines is 1. The smallest absolute Gasteiger partial charge is 0.185 e. The Hall–Kier alpha value is -2.15. The van der Waals surface area contributed by atoms with Crippen LogP contribution in [0.5, 0.6) is 5.75 Å². The average molecular weight is 289 g/mol. The van der Waals surface area contributed by atoms with Gasteiger partial charge in [0.1, 0.15) is 5.75 Å². The number of rotatable bonds is 4. The van der Waals surface area contributed by atoms with Gasteiger partial charge in [0.2, 0.25) is 0 Å². The van der Waals surface area contributed by atoms with Gasteiger partial charge in [-0.25, -0.2) is 4.68 Å². The summed E-state index contributed by atoms with van der Waals surface area (Å²) in [4.78, 5) is 0. The highest BCUT2D eigenvalue weighted by Crippen LogP contribution is 2.30. The van der Waals surface area contributed by atoms with Gasteiger partial charge in [0, 0.05) is 25.4 Å². The van der Waals surface area contributed by atoms with Crippen LogP contribution in [0.4, 0.5) is 5.69 Å². The summed E-state index contributed by atoms with van der Waals surface area (Å²) in [6.07, 6.45) is 2.07. The monoisotopic (exact) mass is 289 g/mol. The summed E-state index contributed by atoms with van der Waals surface area (Å²) < 4.78 is 12.6. The van der Waals surface area contributed by atoms with Gasteiger partial charge >= 0.3 is 0 Å². The molecule has 3 rings (SSSR count).